The minimum absolute atomic E-state index is 0.0691. The third kappa shape index (κ3) is 5.09. The zero-order valence-electron chi connectivity index (χ0n) is 23.8. The Kier molecular flexibility index (Phi) is 7.04. The molecule has 10 heteroatoms. The molecule has 0 amide bonds. The van der Waals surface area contributed by atoms with Crippen LogP contribution in [0.25, 0.3) is 0 Å². The van der Waals surface area contributed by atoms with Crippen molar-refractivity contribution in [1.82, 2.24) is 9.29 Å². The van der Waals surface area contributed by atoms with Crippen molar-refractivity contribution >= 4 is 34.1 Å². The van der Waals surface area contributed by atoms with Crippen LogP contribution in [0.4, 0.5) is 17.2 Å². The molecule has 0 radical (unpaired) electrons. The number of aliphatic carboxylic acids is 1. The van der Waals surface area contributed by atoms with Gasteiger partial charge in [-0.25, -0.2) is 19.3 Å². The predicted molar refractivity (Wildman–Crippen MR) is 162 cm³/mol. The van der Waals surface area contributed by atoms with E-state index in [2.05, 4.69) is 23.0 Å². The predicted octanol–water partition coefficient (Wildman–Crippen LogP) is 4.24. The molecule has 0 bridgehead atoms. The standard InChI is InChI=1S/C31H38N6O3S/c1-19-6-7-21(25(16-28(38)39)24-10-11-26(29(32)20(24)2)37(33)23-8-9-23)15-22(19)17-36-18-31(12-13-31)35(3)30-27(41(36)40)5-4-14-34-30/h4-7,10-11,14-15,23,25H,8-9,12-13,16-18,32-33H2,1-3H3,(H,38,39). The molecule has 216 valence electrons. The van der Waals surface area contributed by atoms with Gasteiger partial charge in [-0.05, 0) is 85.5 Å². The second-order valence-electron chi connectivity index (χ2n) is 11.8. The van der Waals surface area contributed by atoms with Gasteiger partial charge in [0.05, 0.1) is 28.2 Å². The van der Waals surface area contributed by atoms with Crippen LogP contribution in [0.3, 0.4) is 0 Å². The molecule has 6 rings (SSSR count). The van der Waals surface area contributed by atoms with Crippen molar-refractivity contribution in [3.8, 4) is 0 Å². The number of hydrogen-bond donors (Lipinski definition) is 3. The third-order valence-electron chi connectivity index (χ3n) is 9.13. The highest BCUT2D eigenvalue weighted by Crippen LogP contribution is 2.47. The Morgan fingerprint density at radius 1 is 1.22 bits per heavy atom. The Hall–Kier alpha value is -3.47. The Bertz CT molecular complexity index is 1540. The molecule has 41 heavy (non-hydrogen) atoms. The number of carbonyl (C=O) groups is 1. The van der Waals surface area contributed by atoms with E-state index in [4.69, 9.17) is 11.6 Å². The maximum absolute atomic E-state index is 13.9. The van der Waals surface area contributed by atoms with Crippen LogP contribution in [0, 0.1) is 13.8 Å². The number of benzene rings is 2. The Labute approximate surface area is 243 Å². The van der Waals surface area contributed by atoms with Crippen LogP contribution in [0.5, 0.6) is 0 Å². The number of anilines is 3. The van der Waals surface area contributed by atoms with Crippen molar-refractivity contribution in [2.75, 3.05) is 29.2 Å². The summed E-state index contributed by atoms with van der Waals surface area (Å²) in [5.74, 6) is 5.83. The molecule has 2 heterocycles. The van der Waals surface area contributed by atoms with Gasteiger partial charge in [-0.2, -0.15) is 0 Å². The number of carboxylic acids is 1. The van der Waals surface area contributed by atoms with Crippen LogP contribution >= 0.6 is 0 Å². The van der Waals surface area contributed by atoms with Crippen LogP contribution in [0.1, 0.15) is 65.8 Å². The topological polar surface area (TPSA) is 129 Å². The Morgan fingerprint density at radius 3 is 2.66 bits per heavy atom. The Balaban J connectivity index is 1.35. The summed E-state index contributed by atoms with van der Waals surface area (Å²) < 4.78 is 15.9. The number of aryl methyl sites for hydroxylation is 1. The normalized spacial score (nSPS) is 20.4. The molecule has 2 atom stereocenters. The van der Waals surface area contributed by atoms with E-state index in [-0.39, 0.29) is 12.0 Å². The van der Waals surface area contributed by atoms with E-state index in [0.717, 1.165) is 69.9 Å². The summed E-state index contributed by atoms with van der Waals surface area (Å²) in [5, 5.41) is 11.6. The molecule has 2 aromatic carbocycles. The number of aromatic nitrogens is 1. The minimum Gasteiger partial charge on any atom is -0.481 e. The van der Waals surface area contributed by atoms with Crippen molar-refractivity contribution in [1.29, 1.82) is 0 Å². The zero-order valence-corrected chi connectivity index (χ0v) is 24.7. The third-order valence-corrected chi connectivity index (χ3v) is 10.6. The fraction of sp³-hybridized carbons (Fsp3) is 0.419. The largest absolute Gasteiger partial charge is 0.481 e. The second-order valence-corrected chi connectivity index (χ2v) is 13.3. The monoisotopic (exact) mass is 574 g/mol. The lowest BCUT2D eigenvalue weighted by Crippen LogP contribution is -2.42. The lowest BCUT2D eigenvalue weighted by atomic mass is 9.84. The highest BCUT2D eigenvalue weighted by atomic mass is 32.2. The molecule has 1 spiro atoms. The van der Waals surface area contributed by atoms with Gasteiger partial charge in [-0.15, -0.1) is 0 Å². The number of nitrogens with two attached hydrogens (primary N) is 2. The second kappa shape index (κ2) is 10.4. The van der Waals surface area contributed by atoms with E-state index < -0.39 is 22.9 Å². The first kappa shape index (κ1) is 27.7. The van der Waals surface area contributed by atoms with Gasteiger partial charge >= 0.3 is 5.97 Å². The maximum atomic E-state index is 13.9. The number of fused-ring (bicyclic) bond motifs is 1. The molecule has 9 nitrogen and oxygen atoms in total. The summed E-state index contributed by atoms with van der Waals surface area (Å²) in [6.45, 7) is 5.14. The number of pyridine rings is 1. The number of hydrazine groups is 1. The lowest BCUT2D eigenvalue weighted by molar-refractivity contribution is -0.137. The first-order chi connectivity index (χ1) is 19.6. The summed E-state index contributed by atoms with van der Waals surface area (Å²) in [6.07, 6.45) is 5.85. The molecule has 2 saturated carbocycles. The molecule has 3 aliphatic rings. The van der Waals surface area contributed by atoms with E-state index >= 15 is 0 Å². The number of likely N-dealkylation sites (N-methyl/N-ethyl adjacent to an activating group) is 1. The zero-order chi connectivity index (χ0) is 29.1. The van der Waals surface area contributed by atoms with Crippen LogP contribution < -0.4 is 21.5 Å². The molecular weight excluding hydrogens is 536 g/mol. The van der Waals surface area contributed by atoms with Crippen LogP contribution in [-0.4, -0.2) is 49.7 Å². The molecule has 0 saturated heterocycles. The quantitative estimate of drug-likeness (QED) is 0.207. The molecule has 1 aliphatic heterocycles. The van der Waals surface area contributed by atoms with Gasteiger partial charge < -0.3 is 20.7 Å². The summed E-state index contributed by atoms with van der Waals surface area (Å²) in [6, 6.07) is 14.1. The summed E-state index contributed by atoms with van der Waals surface area (Å²) >= 11 is 0. The van der Waals surface area contributed by atoms with Gasteiger partial charge in [0.25, 0.3) is 0 Å². The van der Waals surface area contributed by atoms with Gasteiger partial charge in [0.15, 0.2) is 0 Å². The molecule has 5 N–H and O–H groups in total. The van der Waals surface area contributed by atoms with Crippen LogP contribution in [0.2, 0.25) is 0 Å². The van der Waals surface area contributed by atoms with Gasteiger partial charge in [-0.1, -0.05) is 24.3 Å². The van der Waals surface area contributed by atoms with E-state index in [0.29, 0.717) is 24.8 Å². The van der Waals surface area contributed by atoms with Gasteiger partial charge in [0, 0.05) is 38.3 Å². The molecule has 3 aromatic rings. The van der Waals surface area contributed by atoms with Crippen molar-refractivity contribution in [2.24, 2.45) is 5.84 Å². The Morgan fingerprint density at radius 2 is 1.98 bits per heavy atom. The average Bonchev–Trinajstić information content (AvgIpc) is 3.88. The van der Waals surface area contributed by atoms with Crippen LogP contribution in [-0.2, 0) is 22.3 Å². The van der Waals surface area contributed by atoms with Gasteiger partial charge in [-0.3, -0.25) is 4.79 Å². The van der Waals surface area contributed by atoms with Crippen molar-refractivity contribution in [2.45, 2.75) is 74.9 Å². The average molecular weight is 575 g/mol. The highest BCUT2D eigenvalue weighted by molar-refractivity contribution is 7.82. The molecular formula is C31H38N6O3S. The van der Waals surface area contributed by atoms with E-state index in [9.17, 15) is 14.1 Å². The van der Waals surface area contributed by atoms with E-state index in [1.54, 1.807) is 11.2 Å². The number of nitrogens with zero attached hydrogens (tertiary/aromatic N) is 4. The van der Waals surface area contributed by atoms with E-state index in [1.165, 1.54) is 0 Å². The highest BCUT2D eigenvalue weighted by Gasteiger charge is 2.51. The molecule has 2 unspecified atom stereocenters. The summed E-state index contributed by atoms with van der Waals surface area (Å²) in [5.41, 5.74) is 12.6. The fourth-order valence-electron chi connectivity index (χ4n) is 6.11. The first-order valence-corrected chi connectivity index (χ1v) is 15.3. The van der Waals surface area contributed by atoms with Crippen molar-refractivity contribution < 1.29 is 14.1 Å². The molecule has 1 aromatic heterocycles. The number of nitrogen functional groups attached to an aromatic ring is 1. The number of hydrogen-bond acceptors (Lipinski definition) is 7. The summed E-state index contributed by atoms with van der Waals surface area (Å²) in [7, 11) is 0.672. The summed E-state index contributed by atoms with van der Waals surface area (Å²) in [4.78, 5) is 19.6. The van der Waals surface area contributed by atoms with Crippen molar-refractivity contribution in [3.63, 3.8) is 0 Å². The van der Waals surface area contributed by atoms with Gasteiger partial charge in [0.2, 0.25) is 0 Å². The molecule has 2 aliphatic carbocycles. The van der Waals surface area contributed by atoms with Crippen LogP contribution in [0.15, 0.2) is 53.6 Å². The van der Waals surface area contributed by atoms with E-state index in [1.807, 2.05) is 54.6 Å². The smallest absolute Gasteiger partial charge is 0.304 e. The SMILES string of the molecule is Cc1ccc(C(CC(=O)O)c2ccc(N(N)C3CC3)c(N)c2C)cc1CN1CC2(CC2)N(C)c2ncccc2S1=O. The van der Waals surface area contributed by atoms with Crippen molar-refractivity contribution in [3.05, 3.63) is 76.5 Å². The minimum atomic E-state index is -1.38. The van der Waals surface area contributed by atoms with Gasteiger partial charge in [0.1, 0.15) is 16.8 Å². The number of rotatable bonds is 8. The maximum Gasteiger partial charge on any atom is 0.304 e. The fourth-order valence-corrected chi connectivity index (χ4v) is 7.55. The molecule has 2 fully saturated rings. The lowest BCUT2D eigenvalue weighted by Gasteiger charge is -2.30. The first-order valence-electron chi connectivity index (χ1n) is 14.2. The number of carboxylic acid groups (broad SMARTS) is 1.